The zero-order chi connectivity index (χ0) is 12.3. The molecule has 0 atom stereocenters. The van der Waals surface area contributed by atoms with Gasteiger partial charge in [-0.3, -0.25) is 4.79 Å². The van der Waals surface area contributed by atoms with Crippen molar-refractivity contribution < 1.29 is 4.79 Å². The lowest BCUT2D eigenvalue weighted by atomic mass is 10.4. The van der Waals surface area contributed by atoms with Crippen molar-refractivity contribution in [2.75, 3.05) is 0 Å². The van der Waals surface area contributed by atoms with Crippen LogP contribution in [0.2, 0.25) is 5.15 Å². The molecule has 2 aromatic heterocycles. The third-order valence-corrected chi connectivity index (χ3v) is 3.27. The van der Waals surface area contributed by atoms with Gasteiger partial charge in [0.1, 0.15) is 10.8 Å². The van der Waals surface area contributed by atoms with E-state index in [2.05, 4.69) is 15.3 Å². The molecule has 0 aliphatic carbocycles. The molecule has 4 nitrogen and oxygen atoms in total. The van der Waals surface area contributed by atoms with Crippen LogP contribution >= 0.6 is 22.9 Å². The summed E-state index contributed by atoms with van der Waals surface area (Å²) in [6, 6.07) is 4.02. The minimum atomic E-state index is -0.250. The summed E-state index contributed by atoms with van der Waals surface area (Å²) in [5.41, 5.74) is 0.266. The highest BCUT2D eigenvalue weighted by molar-refractivity contribution is 7.11. The van der Waals surface area contributed by atoms with Gasteiger partial charge < -0.3 is 5.32 Å². The first-order valence-electron chi connectivity index (χ1n) is 4.96. The SMILES string of the molecule is Cc1ccc(CNC(=O)c2cnc(Cl)cn2)s1. The first-order chi connectivity index (χ1) is 8.15. The van der Waals surface area contributed by atoms with E-state index in [-0.39, 0.29) is 16.8 Å². The van der Waals surface area contributed by atoms with Crippen LogP contribution in [0.25, 0.3) is 0 Å². The van der Waals surface area contributed by atoms with Crippen molar-refractivity contribution >= 4 is 28.8 Å². The molecule has 0 saturated heterocycles. The molecule has 6 heteroatoms. The topological polar surface area (TPSA) is 54.9 Å². The van der Waals surface area contributed by atoms with Gasteiger partial charge in [-0.05, 0) is 19.1 Å². The quantitative estimate of drug-likeness (QED) is 0.929. The number of hydrogen-bond donors (Lipinski definition) is 1. The monoisotopic (exact) mass is 267 g/mol. The van der Waals surface area contributed by atoms with Crippen molar-refractivity contribution in [1.29, 1.82) is 0 Å². The number of carbonyl (C=O) groups is 1. The van der Waals surface area contributed by atoms with Crippen molar-refractivity contribution in [3.05, 3.63) is 45.1 Å². The lowest BCUT2D eigenvalue weighted by Crippen LogP contribution is -2.23. The molecule has 0 aromatic carbocycles. The van der Waals surface area contributed by atoms with Gasteiger partial charge in [-0.1, -0.05) is 11.6 Å². The molecule has 0 spiro atoms. The third-order valence-electron chi connectivity index (χ3n) is 2.07. The van der Waals surface area contributed by atoms with Gasteiger partial charge in [0.15, 0.2) is 0 Å². The fourth-order valence-electron chi connectivity index (χ4n) is 1.27. The van der Waals surface area contributed by atoms with Crippen LogP contribution in [0.1, 0.15) is 20.2 Å². The highest BCUT2D eigenvalue weighted by atomic mass is 35.5. The van der Waals surface area contributed by atoms with Gasteiger partial charge >= 0.3 is 0 Å². The molecule has 17 heavy (non-hydrogen) atoms. The van der Waals surface area contributed by atoms with Crippen LogP contribution in [0.15, 0.2) is 24.5 Å². The highest BCUT2D eigenvalue weighted by Crippen LogP contribution is 2.14. The zero-order valence-corrected chi connectivity index (χ0v) is 10.7. The lowest BCUT2D eigenvalue weighted by Gasteiger charge is -2.02. The van der Waals surface area contributed by atoms with E-state index in [4.69, 9.17) is 11.6 Å². The normalized spacial score (nSPS) is 10.2. The average Bonchev–Trinajstić information content (AvgIpc) is 2.73. The number of nitrogens with one attached hydrogen (secondary N) is 1. The van der Waals surface area contributed by atoms with Gasteiger partial charge in [-0.25, -0.2) is 9.97 Å². The van der Waals surface area contributed by atoms with Gasteiger partial charge in [-0.15, -0.1) is 11.3 Å². The Labute approximate surface area is 108 Å². The molecular weight excluding hydrogens is 258 g/mol. The summed E-state index contributed by atoms with van der Waals surface area (Å²) in [6.45, 7) is 2.53. The largest absolute Gasteiger partial charge is 0.346 e. The molecule has 0 unspecified atom stereocenters. The van der Waals surface area contributed by atoms with Crippen LogP contribution in [0, 0.1) is 6.92 Å². The summed E-state index contributed by atoms with van der Waals surface area (Å²) in [5, 5.41) is 3.05. The van der Waals surface area contributed by atoms with E-state index < -0.39 is 0 Å². The fourth-order valence-corrected chi connectivity index (χ4v) is 2.20. The minimum absolute atomic E-state index is 0.250. The molecule has 1 N–H and O–H groups in total. The molecule has 1 amide bonds. The predicted molar refractivity (Wildman–Crippen MR) is 67.3 cm³/mol. The number of aromatic nitrogens is 2. The van der Waals surface area contributed by atoms with E-state index in [0.29, 0.717) is 6.54 Å². The first-order valence-corrected chi connectivity index (χ1v) is 6.15. The van der Waals surface area contributed by atoms with Crippen LogP contribution in [0.4, 0.5) is 0 Å². The van der Waals surface area contributed by atoms with Gasteiger partial charge in [0.25, 0.3) is 5.91 Å². The molecule has 2 aromatic rings. The summed E-state index contributed by atoms with van der Waals surface area (Å²) >= 11 is 7.24. The first kappa shape index (κ1) is 12.0. The maximum absolute atomic E-state index is 11.7. The van der Waals surface area contributed by atoms with Crippen LogP contribution in [-0.2, 0) is 6.54 Å². The maximum Gasteiger partial charge on any atom is 0.271 e. The van der Waals surface area contributed by atoms with Gasteiger partial charge in [0, 0.05) is 9.75 Å². The smallest absolute Gasteiger partial charge is 0.271 e. The Morgan fingerprint density at radius 1 is 1.41 bits per heavy atom. The molecule has 0 radical (unpaired) electrons. The molecule has 2 rings (SSSR count). The Bertz CT molecular complexity index is 524. The van der Waals surface area contributed by atoms with Crippen molar-refractivity contribution in [2.24, 2.45) is 0 Å². The molecule has 2 heterocycles. The summed E-state index contributed by atoms with van der Waals surface area (Å²) in [6.07, 6.45) is 2.71. The predicted octanol–water partition coefficient (Wildman–Crippen LogP) is 2.43. The van der Waals surface area contributed by atoms with E-state index >= 15 is 0 Å². The molecule has 0 bridgehead atoms. The van der Waals surface area contributed by atoms with Crippen LogP contribution in [-0.4, -0.2) is 15.9 Å². The molecule has 0 aliphatic heterocycles. The highest BCUT2D eigenvalue weighted by Gasteiger charge is 2.07. The van der Waals surface area contributed by atoms with Crippen LogP contribution < -0.4 is 5.32 Å². The van der Waals surface area contributed by atoms with Crippen molar-refractivity contribution in [2.45, 2.75) is 13.5 Å². The summed E-state index contributed by atoms with van der Waals surface area (Å²) in [5.74, 6) is -0.250. The zero-order valence-electron chi connectivity index (χ0n) is 9.11. The number of carbonyl (C=O) groups excluding carboxylic acids is 1. The lowest BCUT2D eigenvalue weighted by molar-refractivity contribution is 0.0946. The number of halogens is 1. The summed E-state index contributed by atoms with van der Waals surface area (Å²) in [7, 11) is 0. The van der Waals surface area contributed by atoms with Crippen LogP contribution in [0.5, 0.6) is 0 Å². The molecule has 88 valence electrons. The van der Waals surface area contributed by atoms with Crippen LogP contribution in [0.3, 0.4) is 0 Å². The van der Waals surface area contributed by atoms with Crippen molar-refractivity contribution in [3.8, 4) is 0 Å². The van der Waals surface area contributed by atoms with E-state index in [1.165, 1.54) is 17.3 Å². The Balaban J connectivity index is 1.95. The second-order valence-corrected chi connectivity index (χ2v) is 5.18. The van der Waals surface area contributed by atoms with E-state index in [1.807, 2.05) is 19.1 Å². The van der Waals surface area contributed by atoms with E-state index in [9.17, 15) is 4.79 Å². The number of amides is 1. The second kappa shape index (κ2) is 5.25. The Morgan fingerprint density at radius 2 is 2.24 bits per heavy atom. The number of hydrogen-bond acceptors (Lipinski definition) is 4. The van der Waals surface area contributed by atoms with Gasteiger partial charge in [0.05, 0.1) is 18.9 Å². The number of aryl methyl sites for hydroxylation is 1. The van der Waals surface area contributed by atoms with E-state index in [1.54, 1.807) is 11.3 Å². The van der Waals surface area contributed by atoms with Crippen molar-refractivity contribution in [3.63, 3.8) is 0 Å². The molecule has 0 saturated carbocycles. The summed E-state index contributed by atoms with van der Waals surface area (Å²) < 4.78 is 0. The minimum Gasteiger partial charge on any atom is -0.346 e. The average molecular weight is 268 g/mol. The van der Waals surface area contributed by atoms with E-state index in [0.717, 1.165) is 4.88 Å². The Morgan fingerprint density at radius 3 is 2.82 bits per heavy atom. The Hall–Kier alpha value is -1.46. The Kier molecular flexibility index (Phi) is 3.71. The molecule has 0 fully saturated rings. The number of rotatable bonds is 3. The molecular formula is C11H10ClN3OS. The second-order valence-electron chi connectivity index (χ2n) is 3.42. The standard InChI is InChI=1S/C11H10ClN3OS/c1-7-2-3-8(17-7)4-15-11(16)9-5-14-10(12)6-13-9/h2-3,5-6H,4H2,1H3,(H,15,16). The fraction of sp³-hybridized carbons (Fsp3) is 0.182. The number of nitrogens with zero attached hydrogens (tertiary/aromatic N) is 2. The van der Waals surface area contributed by atoms with Crippen molar-refractivity contribution in [1.82, 2.24) is 15.3 Å². The molecule has 0 aliphatic rings. The third kappa shape index (κ3) is 3.25. The maximum atomic E-state index is 11.7. The number of thiophene rings is 1. The van der Waals surface area contributed by atoms with Gasteiger partial charge in [-0.2, -0.15) is 0 Å². The van der Waals surface area contributed by atoms with Gasteiger partial charge in [0.2, 0.25) is 0 Å². The summed E-state index contributed by atoms with van der Waals surface area (Å²) in [4.78, 5) is 21.7.